The Balaban J connectivity index is 4.18. The Morgan fingerprint density at radius 3 is 2.58 bits per heavy atom. The minimum atomic E-state index is -3.31. The van der Waals surface area contributed by atoms with Gasteiger partial charge in [0.25, 0.3) is 5.92 Å². The fourth-order valence-electron chi connectivity index (χ4n) is 1.13. The van der Waals surface area contributed by atoms with E-state index < -0.39 is 19.0 Å². The molecule has 0 radical (unpaired) electrons. The Labute approximate surface area is 113 Å². The van der Waals surface area contributed by atoms with Crippen molar-refractivity contribution in [3.8, 4) is 0 Å². The van der Waals surface area contributed by atoms with Crippen LogP contribution in [0, 0.1) is 5.92 Å². The highest BCUT2D eigenvalue weighted by atomic mass is 19.3. The molecule has 0 aliphatic rings. The molecule has 0 N–H and O–H groups in total. The van der Waals surface area contributed by atoms with Crippen LogP contribution >= 0.6 is 0 Å². The topological polar surface area (TPSA) is 9.23 Å². The van der Waals surface area contributed by atoms with Gasteiger partial charge in [0.05, 0.1) is 12.4 Å². The van der Waals surface area contributed by atoms with Gasteiger partial charge in [-0.1, -0.05) is 38.3 Å². The molecule has 0 aliphatic carbocycles. The van der Waals surface area contributed by atoms with E-state index in [-0.39, 0.29) is 5.92 Å². The van der Waals surface area contributed by atoms with Gasteiger partial charge >= 0.3 is 0 Å². The molecule has 1 nitrogen and oxygen atoms in total. The number of ether oxygens (including phenoxy) is 1. The third-order valence-corrected chi connectivity index (χ3v) is 2.52. The molecule has 0 saturated carbocycles. The van der Waals surface area contributed by atoms with E-state index in [1.54, 1.807) is 19.1 Å². The Morgan fingerprint density at radius 2 is 2.05 bits per heavy atom. The van der Waals surface area contributed by atoms with Crippen molar-refractivity contribution in [2.24, 2.45) is 5.92 Å². The van der Waals surface area contributed by atoms with E-state index in [1.165, 1.54) is 6.08 Å². The van der Waals surface area contributed by atoms with Crippen LogP contribution in [-0.2, 0) is 4.74 Å². The summed E-state index contributed by atoms with van der Waals surface area (Å²) >= 11 is 0. The van der Waals surface area contributed by atoms with E-state index in [0.29, 0.717) is 12.4 Å². The quantitative estimate of drug-likeness (QED) is 0.432. The van der Waals surface area contributed by atoms with Gasteiger partial charge in [-0.15, -0.1) is 0 Å². The summed E-state index contributed by atoms with van der Waals surface area (Å²) in [5.41, 5.74) is 0.863. The average Bonchev–Trinajstić information content (AvgIpc) is 2.39. The third kappa shape index (κ3) is 8.30. The molecule has 4 heteroatoms. The van der Waals surface area contributed by atoms with Crippen molar-refractivity contribution >= 4 is 0 Å². The Morgan fingerprint density at radius 1 is 1.42 bits per heavy atom. The summed E-state index contributed by atoms with van der Waals surface area (Å²) in [6.07, 6.45) is 5.78. The summed E-state index contributed by atoms with van der Waals surface area (Å²) in [6, 6.07) is 0. The van der Waals surface area contributed by atoms with Crippen LogP contribution in [0.4, 0.5) is 13.2 Å². The second kappa shape index (κ2) is 8.62. The Hall–Kier alpha value is -1.45. The summed E-state index contributed by atoms with van der Waals surface area (Å²) in [6.45, 7) is 9.59. The predicted octanol–water partition coefficient (Wildman–Crippen LogP) is 4.84. The van der Waals surface area contributed by atoms with Gasteiger partial charge in [-0.3, -0.25) is 0 Å². The van der Waals surface area contributed by atoms with Crippen LogP contribution in [0.25, 0.3) is 0 Å². The molecular weight excluding hydrogens is 253 g/mol. The monoisotopic (exact) mass is 274 g/mol. The van der Waals surface area contributed by atoms with Crippen molar-refractivity contribution in [3.63, 3.8) is 0 Å². The lowest BCUT2D eigenvalue weighted by atomic mass is 10.0. The average molecular weight is 274 g/mol. The number of alkyl halides is 3. The van der Waals surface area contributed by atoms with Crippen molar-refractivity contribution in [3.05, 3.63) is 48.8 Å². The number of hydrogen-bond acceptors (Lipinski definition) is 1. The molecule has 0 aliphatic heterocycles. The Bertz CT molecular complexity index is 356. The minimum Gasteiger partial charge on any atom is -0.498 e. The highest BCUT2D eigenvalue weighted by Crippen LogP contribution is 2.20. The van der Waals surface area contributed by atoms with Gasteiger partial charge < -0.3 is 4.74 Å². The summed E-state index contributed by atoms with van der Waals surface area (Å²) in [7, 11) is 0. The molecule has 0 saturated heterocycles. The highest BCUT2D eigenvalue weighted by molar-refractivity contribution is 5.20. The van der Waals surface area contributed by atoms with Gasteiger partial charge in [0.1, 0.15) is 0 Å². The second-order valence-electron chi connectivity index (χ2n) is 4.39. The van der Waals surface area contributed by atoms with Crippen LogP contribution in [0.15, 0.2) is 48.8 Å². The van der Waals surface area contributed by atoms with Gasteiger partial charge in [0.15, 0.2) is 6.67 Å². The molecule has 0 aromatic rings. The van der Waals surface area contributed by atoms with Crippen LogP contribution in [0.1, 0.15) is 20.3 Å². The fourth-order valence-corrected chi connectivity index (χ4v) is 1.13. The van der Waals surface area contributed by atoms with Gasteiger partial charge in [0, 0.05) is 12.3 Å². The Kier molecular flexibility index (Phi) is 7.96. The summed E-state index contributed by atoms with van der Waals surface area (Å²) in [5.74, 6) is -2.89. The first kappa shape index (κ1) is 17.6. The smallest absolute Gasteiger partial charge is 0.279 e. The first-order valence-electron chi connectivity index (χ1n) is 6.03. The minimum absolute atomic E-state index is 0.0567. The lowest BCUT2D eigenvalue weighted by Crippen LogP contribution is -2.17. The van der Waals surface area contributed by atoms with Gasteiger partial charge in [-0.2, -0.15) is 0 Å². The summed E-state index contributed by atoms with van der Waals surface area (Å²) < 4.78 is 42.6. The van der Waals surface area contributed by atoms with Crippen molar-refractivity contribution < 1.29 is 17.9 Å². The molecule has 0 amide bonds. The molecule has 0 rings (SSSR count). The molecule has 1 atom stereocenters. The first-order chi connectivity index (χ1) is 8.82. The van der Waals surface area contributed by atoms with Crippen LogP contribution in [0.2, 0.25) is 0 Å². The standard InChI is InChI=1S/C15H21F3O/c1-5-6-7-12(2)13(3)10-19-14(4)8-9-15(17,18)11-16/h5-8,13H,1-2,9-11H2,3-4H3/b7-6-,14-8+. The van der Waals surface area contributed by atoms with Crippen LogP contribution < -0.4 is 0 Å². The lowest BCUT2D eigenvalue weighted by molar-refractivity contribution is -0.0200. The molecule has 0 heterocycles. The zero-order chi connectivity index (χ0) is 14.9. The maximum absolute atomic E-state index is 12.7. The van der Waals surface area contributed by atoms with E-state index in [9.17, 15) is 13.2 Å². The normalized spacial score (nSPS) is 14.5. The van der Waals surface area contributed by atoms with E-state index in [0.717, 1.165) is 5.57 Å². The van der Waals surface area contributed by atoms with E-state index in [4.69, 9.17) is 4.74 Å². The largest absolute Gasteiger partial charge is 0.498 e. The maximum Gasteiger partial charge on any atom is 0.279 e. The molecule has 1 unspecified atom stereocenters. The maximum atomic E-state index is 12.7. The van der Waals surface area contributed by atoms with E-state index >= 15 is 0 Å². The second-order valence-corrected chi connectivity index (χ2v) is 4.39. The van der Waals surface area contributed by atoms with Gasteiger partial charge in [-0.25, -0.2) is 13.2 Å². The predicted molar refractivity (Wildman–Crippen MR) is 72.9 cm³/mol. The van der Waals surface area contributed by atoms with Gasteiger partial charge in [-0.05, 0) is 18.6 Å². The van der Waals surface area contributed by atoms with E-state index in [2.05, 4.69) is 13.2 Å². The summed E-state index contributed by atoms with van der Waals surface area (Å²) in [4.78, 5) is 0. The number of halogens is 3. The molecule has 0 spiro atoms. The number of hydrogen-bond donors (Lipinski definition) is 0. The van der Waals surface area contributed by atoms with Crippen molar-refractivity contribution in [2.75, 3.05) is 13.3 Å². The number of allylic oxidation sites excluding steroid dienone is 5. The third-order valence-electron chi connectivity index (χ3n) is 2.52. The van der Waals surface area contributed by atoms with Crippen molar-refractivity contribution in [2.45, 2.75) is 26.2 Å². The lowest BCUT2D eigenvalue weighted by Gasteiger charge is -2.14. The van der Waals surface area contributed by atoms with E-state index in [1.807, 2.05) is 13.0 Å². The molecular formula is C15H21F3O. The molecule has 0 bridgehead atoms. The fraction of sp³-hybridized carbons (Fsp3) is 0.467. The van der Waals surface area contributed by atoms with Crippen LogP contribution in [-0.4, -0.2) is 19.2 Å². The molecule has 0 fully saturated rings. The molecule has 0 aromatic heterocycles. The van der Waals surface area contributed by atoms with Crippen LogP contribution in [0.5, 0.6) is 0 Å². The van der Waals surface area contributed by atoms with Crippen molar-refractivity contribution in [1.29, 1.82) is 0 Å². The molecule has 19 heavy (non-hydrogen) atoms. The molecule has 0 aromatic carbocycles. The SMILES string of the molecule is C=C/C=C\C(=C)C(C)CO/C(C)=C/CC(F)(F)CF. The first-order valence-corrected chi connectivity index (χ1v) is 6.03. The number of rotatable bonds is 9. The van der Waals surface area contributed by atoms with Crippen LogP contribution in [0.3, 0.4) is 0 Å². The highest BCUT2D eigenvalue weighted by Gasteiger charge is 2.27. The van der Waals surface area contributed by atoms with Crippen molar-refractivity contribution in [1.82, 2.24) is 0 Å². The molecule has 108 valence electrons. The summed E-state index contributed by atoms with van der Waals surface area (Å²) in [5, 5.41) is 0. The zero-order valence-corrected chi connectivity index (χ0v) is 11.5. The zero-order valence-electron chi connectivity index (χ0n) is 11.5. The van der Waals surface area contributed by atoms with Gasteiger partial charge in [0.2, 0.25) is 0 Å².